The zero-order valence-corrected chi connectivity index (χ0v) is 9.87. The van der Waals surface area contributed by atoms with Crippen LogP contribution in [0.1, 0.15) is 11.1 Å². The highest BCUT2D eigenvalue weighted by molar-refractivity contribution is 5.29. The molecule has 1 saturated heterocycles. The number of likely N-dealkylation sites (N-methyl/N-ethyl adjacent to an activating group) is 1. The van der Waals surface area contributed by atoms with E-state index < -0.39 is 17.5 Å². The lowest BCUT2D eigenvalue weighted by molar-refractivity contribution is -0.245. The second kappa shape index (κ2) is 4.53. The number of nitrogens with zero attached hydrogens (tertiary/aromatic N) is 1. The van der Waals surface area contributed by atoms with Crippen molar-refractivity contribution in [2.75, 3.05) is 26.7 Å². The maximum absolute atomic E-state index is 12.6. The number of morpholine rings is 1. The first kappa shape index (κ1) is 13.3. The van der Waals surface area contributed by atoms with E-state index in [1.54, 1.807) is 7.05 Å². The summed E-state index contributed by atoms with van der Waals surface area (Å²) in [6, 6.07) is 4.61. The molecule has 1 atom stereocenters. The fourth-order valence-electron chi connectivity index (χ4n) is 1.97. The zero-order chi connectivity index (χ0) is 13.4. The maximum atomic E-state index is 12.6. The maximum Gasteiger partial charge on any atom is 0.416 e. The fourth-order valence-corrected chi connectivity index (χ4v) is 1.97. The number of halogens is 3. The monoisotopic (exact) mass is 261 g/mol. The van der Waals surface area contributed by atoms with Crippen molar-refractivity contribution in [1.82, 2.24) is 4.90 Å². The minimum atomic E-state index is -4.42. The van der Waals surface area contributed by atoms with Gasteiger partial charge in [0.1, 0.15) is 0 Å². The van der Waals surface area contributed by atoms with Crippen LogP contribution in [0.3, 0.4) is 0 Å². The summed E-state index contributed by atoms with van der Waals surface area (Å²) in [6.07, 6.45) is -4.42. The van der Waals surface area contributed by atoms with Crippen LogP contribution in [0.4, 0.5) is 13.2 Å². The van der Waals surface area contributed by atoms with E-state index in [0.29, 0.717) is 6.54 Å². The predicted octanol–water partition coefficient (Wildman–Crippen LogP) is 1.81. The molecule has 100 valence electrons. The summed E-state index contributed by atoms with van der Waals surface area (Å²) in [5.41, 5.74) is -0.658. The normalized spacial score (nSPS) is 26.3. The Morgan fingerprint density at radius 3 is 2.72 bits per heavy atom. The summed E-state index contributed by atoms with van der Waals surface area (Å²) in [7, 11) is 1.78. The van der Waals surface area contributed by atoms with Crippen molar-refractivity contribution in [3.8, 4) is 0 Å². The van der Waals surface area contributed by atoms with Gasteiger partial charge in [-0.25, -0.2) is 0 Å². The number of rotatable bonds is 1. The number of alkyl halides is 3. The van der Waals surface area contributed by atoms with Crippen LogP contribution in [-0.2, 0) is 16.7 Å². The Morgan fingerprint density at radius 2 is 2.11 bits per heavy atom. The second-order valence-electron chi connectivity index (χ2n) is 4.45. The van der Waals surface area contributed by atoms with Crippen molar-refractivity contribution >= 4 is 0 Å². The summed E-state index contributed by atoms with van der Waals surface area (Å²) in [4.78, 5) is 1.81. The van der Waals surface area contributed by atoms with E-state index in [9.17, 15) is 18.3 Å². The van der Waals surface area contributed by atoms with Crippen molar-refractivity contribution in [3.63, 3.8) is 0 Å². The highest BCUT2D eigenvalue weighted by Gasteiger charge is 2.37. The van der Waals surface area contributed by atoms with Gasteiger partial charge in [-0.05, 0) is 19.2 Å². The highest BCUT2D eigenvalue weighted by Crippen LogP contribution is 2.33. The molecule has 1 aromatic rings. The van der Waals surface area contributed by atoms with Gasteiger partial charge < -0.3 is 9.84 Å². The van der Waals surface area contributed by atoms with Gasteiger partial charge in [0, 0.05) is 12.1 Å². The van der Waals surface area contributed by atoms with E-state index in [2.05, 4.69) is 0 Å². The molecular formula is C12H14F3NO2. The average molecular weight is 261 g/mol. The van der Waals surface area contributed by atoms with Gasteiger partial charge in [-0.1, -0.05) is 12.1 Å². The molecule has 0 radical (unpaired) electrons. The van der Waals surface area contributed by atoms with Crippen LogP contribution >= 0.6 is 0 Å². The van der Waals surface area contributed by atoms with Crippen LogP contribution in [0.2, 0.25) is 0 Å². The summed E-state index contributed by atoms with van der Waals surface area (Å²) in [5.74, 6) is -1.67. The van der Waals surface area contributed by atoms with Crippen molar-refractivity contribution in [2.45, 2.75) is 12.0 Å². The van der Waals surface area contributed by atoms with E-state index in [1.807, 2.05) is 4.90 Å². The molecule has 0 amide bonds. The largest absolute Gasteiger partial charge is 0.416 e. The molecule has 6 heteroatoms. The molecule has 18 heavy (non-hydrogen) atoms. The van der Waals surface area contributed by atoms with Crippen LogP contribution < -0.4 is 0 Å². The number of β-amino-alcohol motifs (C(OH)–C–C–N with tert-alkyl or cyclic N) is 1. The fraction of sp³-hybridized carbons (Fsp3) is 0.500. The molecule has 3 nitrogen and oxygen atoms in total. The zero-order valence-electron chi connectivity index (χ0n) is 9.87. The number of hydrogen-bond donors (Lipinski definition) is 1. The molecule has 0 aromatic heterocycles. The van der Waals surface area contributed by atoms with Crippen LogP contribution in [0.15, 0.2) is 24.3 Å². The number of benzene rings is 1. The van der Waals surface area contributed by atoms with Crippen molar-refractivity contribution in [1.29, 1.82) is 0 Å². The lowest BCUT2D eigenvalue weighted by Gasteiger charge is -2.37. The van der Waals surface area contributed by atoms with Gasteiger partial charge in [-0.2, -0.15) is 13.2 Å². The van der Waals surface area contributed by atoms with Crippen LogP contribution in [0.25, 0.3) is 0 Å². The van der Waals surface area contributed by atoms with Crippen molar-refractivity contribution < 1.29 is 23.0 Å². The average Bonchev–Trinajstić information content (AvgIpc) is 2.28. The Labute approximate surface area is 103 Å². The standard InChI is InChI=1S/C12H14F3NO2/c1-16-5-6-18-11(17,8-16)9-3-2-4-10(7-9)12(13,14)15/h2-4,7,17H,5-6,8H2,1H3. The third-order valence-electron chi connectivity index (χ3n) is 2.94. The lowest BCUT2D eigenvalue weighted by Crippen LogP contribution is -2.48. The van der Waals surface area contributed by atoms with Gasteiger partial charge in [0.25, 0.3) is 0 Å². The first-order valence-corrected chi connectivity index (χ1v) is 5.54. The SMILES string of the molecule is CN1CCOC(O)(c2cccc(C(F)(F)F)c2)C1. The number of hydrogen-bond acceptors (Lipinski definition) is 3. The Balaban J connectivity index is 2.33. The summed E-state index contributed by atoms with van der Waals surface area (Å²) < 4.78 is 43.0. The Kier molecular flexibility index (Phi) is 3.35. The van der Waals surface area contributed by atoms with E-state index in [1.165, 1.54) is 12.1 Å². The molecule has 1 aromatic carbocycles. The van der Waals surface area contributed by atoms with Gasteiger partial charge >= 0.3 is 6.18 Å². The predicted molar refractivity (Wildman–Crippen MR) is 58.8 cm³/mol. The molecule has 1 aliphatic rings. The first-order chi connectivity index (χ1) is 8.31. The van der Waals surface area contributed by atoms with Gasteiger partial charge in [0.15, 0.2) is 0 Å². The summed E-state index contributed by atoms with van der Waals surface area (Å²) in [5, 5.41) is 10.3. The molecule has 1 unspecified atom stereocenters. The minimum Gasteiger partial charge on any atom is -0.361 e. The van der Waals surface area contributed by atoms with Gasteiger partial charge in [0.05, 0.1) is 18.7 Å². The third kappa shape index (κ3) is 2.66. The Bertz CT molecular complexity index is 436. The molecule has 1 heterocycles. The topological polar surface area (TPSA) is 32.7 Å². The minimum absolute atomic E-state index is 0.129. The molecule has 1 aliphatic heterocycles. The molecule has 1 N–H and O–H groups in total. The van der Waals surface area contributed by atoms with E-state index in [4.69, 9.17) is 4.74 Å². The van der Waals surface area contributed by atoms with E-state index in [-0.39, 0.29) is 18.7 Å². The molecule has 1 fully saturated rings. The Hall–Kier alpha value is -1.11. The van der Waals surface area contributed by atoms with Crippen LogP contribution in [-0.4, -0.2) is 36.8 Å². The van der Waals surface area contributed by atoms with Crippen molar-refractivity contribution in [3.05, 3.63) is 35.4 Å². The van der Waals surface area contributed by atoms with E-state index in [0.717, 1.165) is 12.1 Å². The van der Waals surface area contributed by atoms with Crippen LogP contribution in [0, 0.1) is 0 Å². The molecule has 0 saturated carbocycles. The summed E-state index contributed by atoms with van der Waals surface area (Å²) >= 11 is 0. The van der Waals surface area contributed by atoms with Gasteiger partial charge in [-0.3, -0.25) is 4.90 Å². The highest BCUT2D eigenvalue weighted by atomic mass is 19.4. The second-order valence-corrected chi connectivity index (χ2v) is 4.45. The van der Waals surface area contributed by atoms with Gasteiger partial charge in [0.2, 0.25) is 5.79 Å². The summed E-state index contributed by atoms with van der Waals surface area (Å²) in [6.45, 7) is 1.07. The van der Waals surface area contributed by atoms with Crippen molar-refractivity contribution in [2.24, 2.45) is 0 Å². The van der Waals surface area contributed by atoms with Gasteiger partial charge in [-0.15, -0.1) is 0 Å². The molecule has 2 rings (SSSR count). The molecular weight excluding hydrogens is 247 g/mol. The smallest absolute Gasteiger partial charge is 0.361 e. The van der Waals surface area contributed by atoms with Crippen LogP contribution in [0.5, 0.6) is 0 Å². The molecule has 0 spiro atoms. The van der Waals surface area contributed by atoms with E-state index >= 15 is 0 Å². The Morgan fingerprint density at radius 1 is 1.39 bits per heavy atom. The molecule has 0 bridgehead atoms. The number of aliphatic hydroxyl groups is 1. The quantitative estimate of drug-likeness (QED) is 0.837. The number of ether oxygens (including phenoxy) is 1. The lowest BCUT2D eigenvalue weighted by atomic mass is 10.0. The third-order valence-corrected chi connectivity index (χ3v) is 2.94. The first-order valence-electron chi connectivity index (χ1n) is 5.54. The molecule has 0 aliphatic carbocycles.